The topological polar surface area (TPSA) is 64.4 Å². The van der Waals surface area contributed by atoms with Crippen LogP contribution in [0.25, 0.3) is 34.5 Å². The molecule has 0 unspecified atom stereocenters. The lowest BCUT2D eigenvalue weighted by Crippen LogP contribution is -1.96. The summed E-state index contributed by atoms with van der Waals surface area (Å²) in [6.07, 6.45) is 6.03. The summed E-state index contributed by atoms with van der Waals surface area (Å²) in [5, 5.41) is 10.3. The van der Waals surface area contributed by atoms with E-state index >= 15 is 0 Å². The van der Waals surface area contributed by atoms with E-state index in [2.05, 4.69) is 35.8 Å². The molecule has 7 heteroatoms. The van der Waals surface area contributed by atoms with E-state index in [-0.39, 0.29) is 5.56 Å². The molecule has 0 aliphatic carbocycles. The van der Waals surface area contributed by atoms with Crippen molar-refractivity contribution in [3.63, 3.8) is 0 Å². The summed E-state index contributed by atoms with van der Waals surface area (Å²) in [5.41, 5.74) is 4.99. The Kier molecular flexibility index (Phi) is 7.82. The van der Waals surface area contributed by atoms with E-state index in [4.69, 9.17) is 38.0 Å². The number of hydrogen-bond donors (Lipinski definition) is 1. The van der Waals surface area contributed by atoms with Crippen molar-refractivity contribution >= 4 is 41.3 Å². The average Bonchev–Trinajstić information content (AvgIpc) is 3.36. The molecule has 0 radical (unpaired) electrons. The summed E-state index contributed by atoms with van der Waals surface area (Å²) in [6.45, 7) is 2.85. The Morgan fingerprint density at radius 2 is 1.62 bits per heavy atom. The lowest BCUT2D eigenvalue weighted by molar-refractivity contribution is 0.0696. The highest BCUT2D eigenvalue weighted by Crippen LogP contribution is 2.31. The number of halogens is 2. The van der Waals surface area contributed by atoms with Gasteiger partial charge < -0.3 is 14.4 Å². The highest BCUT2D eigenvalue weighted by molar-refractivity contribution is 6.36. The van der Waals surface area contributed by atoms with Crippen LogP contribution in [0.2, 0.25) is 10.0 Å². The third-order valence-corrected chi connectivity index (χ3v) is 6.74. The van der Waals surface area contributed by atoms with Crippen LogP contribution in [-0.2, 0) is 6.54 Å². The minimum atomic E-state index is -0.989. The second-order valence-electron chi connectivity index (χ2n) is 8.81. The highest BCUT2D eigenvalue weighted by Gasteiger charge is 2.11. The summed E-state index contributed by atoms with van der Waals surface area (Å²) in [7, 11) is 0. The molecule has 5 nitrogen and oxygen atoms in total. The maximum Gasteiger partial charge on any atom is 0.335 e. The SMILES string of the molecule is CCn1cc(-c2ccc(Cl)cc2Cl)nc1C=Cc1ccc(-c2ccc(Oc3cccc(C(=O)O)c3)cc2)cc1. The number of imidazole rings is 1. The Balaban J connectivity index is 1.28. The first-order valence-corrected chi connectivity index (χ1v) is 13.1. The Morgan fingerprint density at radius 1 is 0.897 bits per heavy atom. The molecule has 1 heterocycles. The van der Waals surface area contributed by atoms with Crippen LogP contribution < -0.4 is 4.74 Å². The second kappa shape index (κ2) is 11.6. The van der Waals surface area contributed by atoms with Gasteiger partial charge in [-0.1, -0.05) is 71.7 Å². The number of aromatic nitrogens is 2. The third-order valence-electron chi connectivity index (χ3n) is 6.20. The van der Waals surface area contributed by atoms with E-state index in [1.165, 1.54) is 12.1 Å². The molecule has 0 fully saturated rings. The van der Waals surface area contributed by atoms with Crippen molar-refractivity contribution in [2.75, 3.05) is 0 Å². The van der Waals surface area contributed by atoms with Crippen LogP contribution in [0.15, 0.2) is 97.2 Å². The summed E-state index contributed by atoms with van der Waals surface area (Å²) < 4.78 is 7.90. The molecule has 5 aromatic rings. The van der Waals surface area contributed by atoms with Crippen molar-refractivity contribution in [2.24, 2.45) is 0 Å². The fourth-order valence-corrected chi connectivity index (χ4v) is 4.65. The molecule has 0 atom stereocenters. The van der Waals surface area contributed by atoms with Gasteiger partial charge in [0, 0.05) is 23.3 Å². The van der Waals surface area contributed by atoms with Crippen LogP contribution in [-0.4, -0.2) is 20.6 Å². The fourth-order valence-electron chi connectivity index (χ4n) is 4.15. The molecule has 4 aromatic carbocycles. The van der Waals surface area contributed by atoms with Crippen LogP contribution in [0.1, 0.15) is 28.7 Å². The zero-order valence-corrected chi connectivity index (χ0v) is 22.5. The van der Waals surface area contributed by atoms with Crippen molar-refractivity contribution in [3.8, 4) is 33.9 Å². The molecule has 5 rings (SSSR count). The number of rotatable bonds is 8. The average molecular weight is 555 g/mol. The first-order valence-electron chi connectivity index (χ1n) is 12.3. The largest absolute Gasteiger partial charge is 0.478 e. The minimum Gasteiger partial charge on any atom is -0.478 e. The molecule has 0 aliphatic heterocycles. The van der Waals surface area contributed by atoms with E-state index in [1.54, 1.807) is 18.2 Å². The first kappa shape index (κ1) is 26.3. The first-order chi connectivity index (χ1) is 18.9. The number of carboxylic acid groups (broad SMARTS) is 1. The van der Waals surface area contributed by atoms with E-state index in [0.29, 0.717) is 21.5 Å². The number of carbonyl (C=O) groups is 1. The second-order valence-corrected chi connectivity index (χ2v) is 9.65. The van der Waals surface area contributed by atoms with Gasteiger partial charge in [-0.25, -0.2) is 9.78 Å². The van der Waals surface area contributed by atoms with Crippen molar-refractivity contribution in [2.45, 2.75) is 13.5 Å². The van der Waals surface area contributed by atoms with E-state index in [0.717, 1.165) is 40.3 Å². The van der Waals surface area contributed by atoms with Crippen molar-refractivity contribution in [1.29, 1.82) is 0 Å². The standard InChI is InChI=1S/C32H24Cl2N2O3/c1-2-36-20-30(28-16-13-25(33)19-29(28)34)35-31(36)17-8-21-6-9-22(10-7-21)23-11-14-26(15-12-23)39-27-5-3-4-24(18-27)32(37)38/h3-20H,2H2,1H3,(H,37,38). The molecular weight excluding hydrogens is 531 g/mol. The van der Waals surface area contributed by atoms with Crippen LogP contribution in [0.3, 0.4) is 0 Å². The van der Waals surface area contributed by atoms with Crippen molar-refractivity contribution < 1.29 is 14.6 Å². The number of nitrogens with zero attached hydrogens (tertiary/aromatic N) is 2. The molecule has 0 spiro atoms. The molecule has 0 bridgehead atoms. The van der Waals surface area contributed by atoms with Crippen LogP contribution in [0, 0.1) is 0 Å². The van der Waals surface area contributed by atoms with Gasteiger partial charge in [0.2, 0.25) is 0 Å². The molecular formula is C32H24Cl2N2O3. The number of aryl methyl sites for hydroxylation is 1. The number of benzene rings is 4. The van der Waals surface area contributed by atoms with Gasteiger partial charge in [-0.05, 0) is 78.2 Å². The summed E-state index contributed by atoms with van der Waals surface area (Å²) in [6, 6.07) is 27.8. The Labute approximate surface area is 236 Å². The Hall–Kier alpha value is -4.32. The maximum absolute atomic E-state index is 11.2. The highest BCUT2D eigenvalue weighted by atomic mass is 35.5. The van der Waals surface area contributed by atoms with Gasteiger partial charge in [-0.2, -0.15) is 0 Å². The lowest BCUT2D eigenvalue weighted by atomic mass is 10.0. The lowest BCUT2D eigenvalue weighted by Gasteiger charge is -2.08. The van der Waals surface area contributed by atoms with E-state index in [9.17, 15) is 4.79 Å². The number of ether oxygens (including phenoxy) is 1. The van der Waals surface area contributed by atoms with Crippen LogP contribution >= 0.6 is 23.2 Å². The maximum atomic E-state index is 11.2. The molecule has 194 valence electrons. The molecule has 0 amide bonds. The van der Waals surface area contributed by atoms with Crippen LogP contribution in [0.4, 0.5) is 0 Å². The van der Waals surface area contributed by atoms with Gasteiger partial charge >= 0.3 is 5.97 Å². The van der Waals surface area contributed by atoms with Crippen molar-refractivity contribution in [1.82, 2.24) is 9.55 Å². The predicted octanol–water partition coefficient (Wildman–Crippen LogP) is 9.20. The predicted molar refractivity (Wildman–Crippen MR) is 158 cm³/mol. The van der Waals surface area contributed by atoms with Crippen LogP contribution in [0.5, 0.6) is 11.5 Å². The normalized spacial score (nSPS) is 11.2. The smallest absolute Gasteiger partial charge is 0.335 e. The zero-order chi connectivity index (χ0) is 27.4. The quantitative estimate of drug-likeness (QED) is 0.207. The Morgan fingerprint density at radius 3 is 2.28 bits per heavy atom. The van der Waals surface area contributed by atoms with E-state index < -0.39 is 5.97 Å². The Bertz CT molecular complexity index is 1660. The fraction of sp³-hybridized carbons (Fsp3) is 0.0625. The van der Waals surface area contributed by atoms with Gasteiger partial charge in [0.1, 0.15) is 17.3 Å². The van der Waals surface area contributed by atoms with Gasteiger partial charge in [0.15, 0.2) is 0 Å². The molecule has 39 heavy (non-hydrogen) atoms. The van der Waals surface area contributed by atoms with Gasteiger partial charge in [-0.3, -0.25) is 0 Å². The van der Waals surface area contributed by atoms with Gasteiger partial charge in [-0.15, -0.1) is 0 Å². The molecule has 0 saturated heterocycles. The molecule has 1 N–H and O–H groups in total. The molecule has 0 saturated carbocycles. The third kappa shape index (κ3) is 6.23. The summed E-state index contributed by atoms with van der Waals surface area (Å²) in [4.78, 5) is 16.0. The summed E-state index contributed by atoms with van der Waals surface area (Å²) >= 11 is 12.4. The number of hydrogen-bond acceptors (Lipinski definition) is 3. The van der Waals surface area contributed by atoms with Gasteiger partial charge in [0.25, 0.3) is 0 Å². The summed E-state index contributed by atoms with van der Waals surface area (Å²) in [5.74, 6) is 0.960. The zero-order valence-electron chi connectivity index (χ0n) is 21.0. The number of carboxylic acids is 1. The minimum absolute atomic E-state index is 0.184. The monoisotopic (exact) mass is 554 g/mol. The molecule has 0 aliphatic rings. The molecule has 1 aromatic heterocycles. The van der Waals surface area contributed by atoms with Crippen molar-refractivity contribution in [3.05, 3.63) is 124 Å². The number of aromatic carboxylic acids is 1. The van der Waals surface area contributed by atoms with E-state index in [1.807, 2.05) is 54.7 Å². The van der Waals surface area contributed by atoms with Gasteiger partial charge in [0.05, 0.1) is 16.3 Å².